The van der Waals surface area contributed by atoms with Crippen LogP contribution in [0.4, 0.5) is 18.0 Å². The largest absolute Gasteiger partial charge is 0.416 e. The van der Waals surface area contributed by atoms with Gasteiger partial charge in [-0.15, -0.1) is 11.8 Å². The molecule has 3 rings (SSSR count). The quantitative estimate of drug-likeness (QED) is 0.824. The van der Waals surface area contributed by atoms with E-state index in [0.29, 0.717) is 6.54 Å². The van der Waals surface area contributed by atoms with Crippen LogP contribution in [0.2, 0.25) is 0 Å². The number of carbonyl (C=O) groups is 1. The van der Waals surface area contributed by atoms with Crippen molar-refractivity contribution in [1.29, 1.82) is 0 Å². The maximum atomic E-state index is 12.7. The lowest BCUT2D eigenvalue weighted by Gasteiger charge is -2.29. The molecule has 132 valence electrons. The highest BCUT2D eigenvalue weighted by Crippen LogP contribution is 2.39. The predicted octanol–water partition coefficient (Wildman–Crippen LogP) is 4.80. The SMILES string of the molecule is O=C(NC1CCCCC1)N1CCSC1c1ccc(C(F)(F)F)cc1. The minimum atomic E-state index is -4.33. The number of nitrogens with zero attached hydrogens (tertiary/aromatic N) is 1. The highest BCUT2D eigenvalue weighted by molar-refractivity contribution is 7.99. The lowest BCUT2D eigenvalue weighted by Crippen LogP contribution is -2.45. The van der Waals surface area contributed by atoms with E-state index in [9.17, 15) is 18.0 Å². The molecule has 1 aliphatic carbocycles. The molecule has 2 aliphatic rings. The summed E-state index contributed by atoms with van der Waals surface area (Å²) in [6, 6.07) is 5.26. The Morgan fingerprint density at radius 1 is 1.12 bits per heavy atom. The third kappa shape index (κ3) is 3.99. The average Bonchev–Trinajstić information content (AvgIpc) is 3.05. The molecule has 1 saturated carbocycles. The van der Waals surface area contributed by atoms with E-state index < -0.39 is 11.7 Å². The first-order valence-corrected chi connectivity index (χ1v) is 9.36. The molecule has 0 aromatic heterocycles. The second kappa shape index (κ2) is 7.25. The molecule has 2 amide bonds. The van der Waals surface area contributed by atoms with Gasteiger partial charge in [0.25, 0.3) is 0 Å². The monoisotopic (exact) mass is 358 g/mol. The number of hydrogen-bond donors (Lipinski definition) is 1. The summed E-state index contributed by atoms with van der Waals surface area (Å²) in [7, 11) is 0. The van der Waals surface area contributed by atoms with Crippen molar-refractivity contribution in [3.05, 3.63) is 35.4 Å². The molecule has 1 aliphatic heterocycles. The zero-order valence-electron chi connectivity index (χ0n) is 13.3. The molecule has 3 nitrogen and oxygen atoms in total. The standard InChI is InChI=1S/C17H21F3N2OS/c18-17(19,20)13-8-6-12(7-9-13)15-22(10-11-24-15)16(23)21-14-4-2-1-3-5-14/h6-9,14-15H,1-5,10-11H2,(H,21,23). The van der Waals surface area contributed by atoms with Crippen molar-refractivity contribution in [3.63, 3.8) is 0 Å². The van der Waals surface area contributed by atoms with Crippen molar-refractivity contribution in [3.8, 4) is 0 Å². The number of thioether (sulfide) groups is 1. The molecule has 1 heterocycles. The molecule has 7 heteroatoms. The van der Waals surface area contributed by atoms with E-state index in [4.69, 9.17) is 0 Å². The van der Waals surface area contributed by atoms with Crippen LogP contribution in [0.1, 0.15) is 48.6 Å². The van der Waals surface area contributed by atoms with Gasteiger partial charge in [-0.25, -0.2) is 4.79 Å². The minimum Gasteiger partial charge on any atom is -0.335 e. The summed E-state index contributed by atoms with van der Waals surface area (Å²) < 4.78 is 38.0. The second-order valence-corrected chi connectivity index (χ2v) is 7.51. The number of urea groups is 1. The summed E-state index contributed by atoms with van der Waals surface area (Å²) in [5, 5.41) is 2.88. The molecule has 1 aromatic carbocycles. The van der Waals surface area contributed by atoms with Crippen LogP contribution in [0.5, 0.6) is 0 Å². The van der Waals surface area contributed by atoms with E-state index in [2.05, 4.69) is 5.32 Å². The molecule has 0 radical (unpaired) electrons. The van der Waals surface area contributed by atoms with Crippen molar-refractivity contribution in [2.45, 2.75) is 49.7 Å². The van der Waals surface area contributed by atoms with E-state index in [1.807, 2.05) is 0 Å². The second-order valence-electron chi connectivity index (χ2n) is 6.32. The zero-order chi connectivity index (χ0) is 17.2. The Bertz CT molecular complexity index is 570. The summed E-state index contributed by atoms with van der Waals surface area (Å²) in [5.74, 6) is 0.795. The van der Waals surface area contributed by atoms with Crippen molar-refractivity contribution < 1.29 is 18.0 Å². The minimum absolute atomic E-state index is 0.100. The maximum absolute atomic E-state index is 12.7. The van der Waals surface area contributed by atoms with Gasteiger partial charge in [-0.05, 0) is 30.5 Å². The fraction of sp³-hybridized carbons (Fsp3) is 0.588. The molecule has 0 spiro atoms. The van der Waals surface area contributed by atoms with E-state index in [0.717, 1.165) is 49.1 Å². The van der Waals surface area contributed by atoms with Crippen molar-refractivity contribution in [2.24, 2.45) is 0 Å². The third-order valence-corrected chi connectivity index (χ3v) is 5.87. The van der Waals surface area contributed by atoms with Crippen molar-refractivity contribution in [2.75, 3.05) is 12.3 Å². The average molecular weight is 358 g/mol. The van der Waals surface area contributed by atoms with Gasteiger partial charge in [-0.1, -0.05) is 31.4 Å². The molecule has 2 fully saturated rings. The fourth-order valence-corrected chi connectivity index (χ4v) is 4.55. The Kier molecular flexibility index (Phi) is 5.27. The number of halogens is 3. The Hall–Kier alpha value is -1.37. The highest BCUT2D eigenvalue weighted by atomic mass is 32.2. The van der Waals surface area contributed by atoms with E-state index >= 15 is 0 Å². The highest BCUT2D eigenvalue weighted by Gasteiger charge is 2.34. The number of nitrogens with one attached hydrogen (secondary N) is 1. The number of amides is 2. The number of benzene rings is 1. The summed E-state index contributed by atoms with van der Waals surface area (Å²) >= 11 is 1.59. The maximum Gasteiger partial charge on any atom is 0.416 e. The Labute approximate surface area is 144 Å². The first kappa shape index (κ1) is 17.5. The summed E-state index contributed by atoms with van der Waals surface area (Å²) in [5.41, 5.74) is 0.0803. The number of alkyl halides is 3. The number of carbonyl (C=O) groups excluding carboxylic acids is 1. The van der Waals surface area contributed by atoms with Gasteiger partial charge in [-0.3, -0.25) is 0 Å². The molecule has 1 atom stereocenters. The topological polar surface area (TPSA) is 32.3 Å². The van der Waals surface area contributed by atoms with Gasteiger partial charge < -0.3 is 10.2 Å². The van der Waals surface area contributed by atoms with Crippen LogP contribution in [0.15, 0.2) is 24.3 Å². The Morgan fingerprint density at radius 3 is 2.42 bits per heavy atom. The van der Waals surface area contributed by atoms with Crippen LogP contribution >= 0.6 is 11.8 Å². The smallest absolute Gasteiger partial charge is 0.335 e. The molecule has 1 saturated heterocycles. The molecule has 1 unspecified atom stereocenters. The van der Waals surface area contributed by atoms with Gasteiger partial charge in [0, 0.05) is 18.3 Å². The fourth-order valence-electron chi connectivity index (χ4n) is 3.30. The normalized spacial score (nSPS) is 22.6. The van der Waals surface area contributed by atoms with Crippen LogP contribution in [-0.4, -0.2) is 29.3 Å². The number of rotatable bonds is 2. The molecule has 24 heavy (non-hydrogen) atoms. The van der Waals surface area contributed by atoms with Gasteiger partial charge >= 0.3 is 12.2 Å². The van der Waals surface area contributed by atoms with Crippen LogP contribution in [0.25, 0.3) is 0 Å². The third-order valence-electron chi connectivity index (χ3n) is 4.61. The van der Waals surface area contributed by atoms with Crippen LogP contribution in [0.3, 0.4) is 0 Å². The van der Waals surface area contributed by atoms with Crippen LogP contribution in [-0.2, 0) is 6.18 Å². The summed E-state index contributed by atoms with van der Waals surface area (Å²) in [6.45, 7) is 0.620. The first-order chi connectivity index (χ1) is 11.4. The Balaban J connectivity index is 1.67. The molecule has 1 aromatic rings. The lowest BCUT2D eigenvalue weighted by molar-refractivity contribution is -0.137. The molecular weight excluding hydrogens is 337 g/mol. The van der Waals surface area contributed by atoms with E-state index in [-0.39, 0.29) is 17.4 Å². The van der Waals surface area contributed by atoms with Gasteiger partial charge in [0.2, 0.25) is 0 Å². The molecular formula is C17H21F3N2OS. The van der Waals surface area contributed by atoms with Gasteiger partial charge in [-0.2, -0.15) is 13.2 Å². The van der Waals surface area contributed by atoms with Crippen molar-refractivity contribution in [1.82, 2.24) is 10.2 Å². The van der Waals surface area contributed by atoms with Gasteiger partial charge in [0.05, 0.1) is 5.56 Å². The lowest BCUT2D eigenvalue weighted by atomic mass is 9.96. The van der Waals surface area contributed by atoms with Gasteiger partial charge in [0.1, 0.15) is 5.37 Å². The van der Waals surface area contributed by atoms with Crippen molar-refractivity contribution >= 4 is 17.8 Å². The van der Waals surface area contributed by atoms with E-state index in [1.54, 1.807) is 16.7 Å². The summed E-state index contributed by atoms with van der Waals surface area (Å²) in [4.78, 5) is 14.3. The van der Waals surface area contributed by atoms with Crippen LogP contribution in [0, 0.1) is 0 Å². The van der Waals surface area contributed by atoms with Gasteiger partial charge in [0.15, 0.2) is 0 Å². The summed E-state index contributed by atoms with van der Waals surface area (Å²) in [6.07, 6.45) is 1.19. The zero-order valence-corrected chi connectivity index (χ0v) is 14.1. The first-order valence-electron chi connectivity index (χ1n) is 8.31. The molecule has 1 N–H and O–H groups in total. The number of hydrogen-bond acceptors (Lipinski definition) is 2. The van der Waals surface area contributed by atoms with E-state index in [1.165, 1.54) is 18.6 Å². The Morgan fingerprint density at radius 2 is 1.79 bits per heavy atom. The molecule has 0 bridgehead atoms. The predicted molar refractivity (Wildman–Crippen MR) is 88.8 cm³/mol. The van der Waals surface area contributed by atoms with Crippen LogP contribution < -0.4 is 5.32 Å².